The van der Waals surface area contributed by atoms with Gasteiger partial charge in [0.25, 0.3) is 11.5 Å². The maximum atomic E-state index is 13.1. The summed E-state index contributed by atoms with van der Waals surface area (Å²) in [7, 11) is 0. The Hall–Kier alpha value is -2.89. The number of nitrogens with zero attached hydrogens (tertiary/aromatic N) is 2. The third-order valence-electron chi connectivity index (χ3n) is 5.27. The lowest BCUT2D eigenvalue weighted by atomic mass is 9.97. The second-order valence-corrected chi connectivity index (χ2v) is 7.42. The Kier molecular flexibility index (Phi) is 6.29. The summed E-state index contributed by atoms with van der Waals surface area (Å²) in [6, 6.07) is 11.1. The molecule has 148 valence electrons. The van der Waals surface area contributed by atoms with Gasteiger partial charge in [0.1, 0.15) is 5.56 Å². The topological polar surface area (TPSA) is 79.6 Å². The Balaban J connectivity index is 1.83. The number of benzene rings is 1. The zero-order valence-corrected chi connectivity index (χ0v) is 16.1. The zero-order valence-electron chi connectivity index (χ0n) is 16.1. The van der Waals surface area contributed by atoms with E-state index in [1.54, 1.807) is 27.8 Å². The number of carbonyl (C=O) groups excluding carboxylic acids is 1. The molecule has 0 bridgehead atoms. The molecule has 0 aliphatic carbocycles. The summed E-state index contributed by atoms with van der Waals surface area (Å²) in [5, 5.41) is 8.97. The van der Waals surface area contributed by atoms with Crippen LogP contribution in [-0.2, 0) is 11.3 Å². The number of hydrogen-bond acceptors (Lipinski definition) is 3. The molecule has 0 radical (unpaired) electrons. The molecular formula is C22H26N2O4. The first kappa shape index (κ1) is 19.9. The SMILES string of the molecule is Cc1cccc(Cn2cccc(C(=O)N3CCCC[C@H]3CCC(=O)O)c2=O)c1. The maximum absolute atomic E-state index is 13.1. The fourth-order valence-corrected chi connectivity index (χ4v) is 3.84. The number of aryl methyl sites for hydroxylation is 1. The first-order valence-corrected chi connectivity index (χ1v) is 9.73. The van der Waals surface area contributed by atoms with E-state index in [1.807, 2.05) is 31.2 Å². The summed E-state index contributed by atoms with van der Waals surface area (Å²) in [6.07, 6.45) is 4.77. The van der Waals surface area contributed by atoms with Gasteiger partial charge < -0.3 is 14.6 Å². The highest BCUT2D eigenvalue weighted by atomic mass is 16.4. The molecule has 6 nitrogen and oxygen atoms in total. The fraction of sp³-hybridized carbons (Fsp3) is 0.409. The van der Waals surface area contributed by atoms with Gasteiger partial charge in [-0.05, 0) is 50.3 Å². The molecule has 0 saturated carbocycles. The van der Waals surface area contributed by atoms with Gasteiger partial charge in [-0.2, -0.15) is 0 Å². The van der Waals surface area contributed by atoms with Crippen LogP contribution < -0.4 is 5.56 Å². The minimum Gasteiger partial charge on any atom is -0.481 e. The Morgan fingerprint density at radius 2 is 2.00 bits per heavy atom. The van der Waals surface area contributed by atoms with Crippen LogP contribution in [0.2, 0.25) is 0 Å². The standard InChI is InChI=1S/C22H26N2O4/c1-16-6-4-7-17(14-16)15-23-12-5-9-19(21(23)27)22(28)24-13-3-2-8-18(24)10-11-20(25)26/h4-7,9,12,14,18H,2-3,8,10-11,13,15H2,1H3,(H,25,26)/t18-/m0/s1. The van der Waals surface area contributed by atoms with Gasteiger partial charge in [-0.1, -0.05) is 29.8 Å². The van der Waals surface area contributed by atoms with Crippen molar-refractivity contribution in [3.05, 3.63) is 69.6 Å². The molecule has 1 aromatic heterocycles. The second-order valence-electron chi connectivity index (χ2n) is 7.42. The number of carboxylic acid groups (broad SMARTS) is 1. The lowest BCUT2D eigenvalue weighted by molar-refractivity contribution is -0.137. The monoisotopic (exact) mass is 382 g/mol. The molecule has 2 aromatic rings. The summed E-state index contributed by atoms with van der Waals surface area (Å²) in [5.41, 5.74) is 1.96. The molecule has 6 heteroatoms. The molecule has 3 rings (SSSR count). The summed E-state index contributed by atoms with van der Waals surface area (Å²) < 4.78 is 1.55. The normalized spacial score (nSPS) is 16.8. The number of rotatable bonds is 6. The number of hydrogen-bond donors (Lipinski definition) is 1. The van der Waals surface area contributed by atoms with Crippen LogP contribution in [0.25, 0.3) is 0 Å². The Morgan fingerprint density at radius 1 is 1.18 bits per heavy atom. The number of carbonyl (C=O) groups is 2. The predicted molar refractivity (Wildman–Crippen MR) is 107 cm³/mol. The fourth-order valence-electron chi connectivity index (χ4n) is 3.84. The molecular weight excluding hydrogens is 356 g/mol. The van der Waals surface area contributed by atoms with Crippen molar-refractivity contribution >= 4 is 11.9 Å². The molecule has 1 amide bonds. The number of aliphatic carboxylic acids is 1. The van der Waals surface area contributed by atoms with Crippen LogP contribution in [0.4, 0.5) is 0 Å². The van der Waals surface area contributed by atoms with E-state index in [0.717, 1.165) is 30.4 Å². The number of amides is 1. The van der Waals surface area contributed by atoms with E-state index >= 15 is 0 Å². The highest BCUT2D eigenvalue weighted by Crippen LogP contribution is 2.22. The van der Waals surface area contributed by atoms with Crippen LogP contribution in [0.1, 0.15) is 53.6 Å². The van der Waals surface area contributed by atoms with Crippen LogP contribution in [0.3, 0.4) is 0 Å². The van der Waals surface area contributed by atoms with Crippen molar-refractivity contribution in [2.75, 3.05) is 6.54 Å². The molecule has 1 saturated heterocycles. The smallest absolute Gasteiger partial charge is 0.303 e. The number of piperidine rings is 1. The molecule has 1 aliphatic rings. The van der Waals surface area contributed by atoms with Gasteiger partial charge in [-0.25, -0.2) is 0 Å². The predicted octanol–water partition coefficient (Wildman–Crippen LogP) is 3.06. The zero-order chi connectivity index (χ0) is 20.1. The van der Waals surface area contributed by atoms with E-state index in [-0.39, 0.29) is 29.5 Å². The van der Waals surface area contributed by atoms with E-state index in [4.69, 9.17) is 5.11 Å². The third kappa shape index (κ3) is 4.68. The minimum atomic E-state index is -0.863. The maximum Gasteiger partial charge on any atom is 0.303 e. The average Bonchev–Trinajstić information content (AvgIpc) is 2.68. The van der Waals surface area contributed by atoms with Crippen LogP contribution >= 0.6 is 0 Å². The van der Waals surface area contributed by atoms with Crippen LogP contribution in [0.15, 0.2) is 47.4 Å². The lowest BCUT2D eigenvalue weighted by Gasteiger charge is -2.35. The summed E-state index contributed by atoms with van der Waals surface area (Å²) in [5.74, 6) is -1.16. The minimum absolute atomic E-state index is 0.0286. The number of aromatic nitrogens is 1. The number of carboxylic acids is 1. The van der Waals surface area contributed by atoms with Crippen LogP contribution in [0.5, 0.6) is 0 Å². The molecule has 2 heterocycles. The van der Waals surface area contributed by atoms with E-state index in [0.29, 0.717) is 19.5 Å². The van der Waals surface area contributed by atoms with Gasteiger partial charge in [0.05, 0.1) is 6.54 Å². The number of pyridine rings is 1. The molecule has 1 fully saturated rings. The highest BCUT2D eigenvalue weighted by Gasteiger charge is 2.29. The molecule has 1 aromatic carbocycles. The van der Waals surface area contributed by atoms with E-state index in [2.05, 4.69) is 0 Å². The Labute approximate surface area is 164 Å². The van der Waals surface area contributed by atoms with Crippen molar-refractivity contribution in [1.29, 1.82) is 0 Å². The lowest BCUT2D eigenvalue weighted by Crippen LogP contribution is -2.46. The molecule has 1 aliphatic heterocycles. The van der Waals surface area contributed by atoms with Gasteiger partial charge in [-0.15, -0.1) is 0 Å². The van der Waals surface area contributed by atoms with Crippen molar-refractivity contribution < 1.29 is 14.7 Å². The van der Waals surface area contributed by atoms with Gasteiger partial charge >= 0.3 is 5.97 Å². The van der Waals surface area contributed by atoms with Crippen molar-refractivity contribution in [2.45, 2.75) is 51.6 Å². The summed E-state index contributed by atoms with van der Waals surface area (Å²) in [4.78, 5) is 38.7. The van der Waals surface area contributed by atoms with Crippen molar-refractivity contribution in [3.63, 3.8) is 0 Å². The average molecular weight is 382 g/mol. The molecule has 1 atom stereocenters. The van der Waals surface area contributed by atoms with Crippen molar-refractivity contribution in [2.24, 2.45) is 0 Å². The van der Waals surface area contributed by atoms with Crippen LogP contribution in [0, 0.1) is 6.92 Å². The Bertz CT molecular complexity index is 919. The van der Waals surface area contributed by atoms with Crippen molar-refractivity contribution in [3.8, 4) is 0 Å². The summed E-state index contributed by atoms with van der Waals surface area (Å²) >= 11 is 0. The van der Waals surface area contributed by atoms with Gasteiger partial charge in [0.2, 0.25) is 0 Å². The second kappa shape index (κ2) is 8.87. The van der Waals surface area contributed by atoms with E-state index in [1.165, 1.54) is 0 Å². The van der Waals surface area contributed by atoms with Crippen molar-refractivity contribution in [1.82, 2.24) is 9.47 Å². The van der Waals surface area contributed by atoms with Gasteiger partial charge in [0, 0.05) is 25.2 Å². The molecule has 1 N–H and O–H groups in total. The third-order valence-corrected chi connectivity index (χ3v) is 5.27. The van der Waals surface area contributed by atoms with E-state index in [9.17, 15) is 14.4 Å². The molecule has 0 spiro atoms. The van der Waals surface area contributed by atoms with E-state index < -0.39 is 5.97 Å². The quantitative estimate of drug-likeness (QED) is 0.833. The Morgan fingerprint density at radius 3 is 2.75 bits per heavy atom. The van der Waals surface area contributed by atoms with Crippen LogP contribution in [-0.4, -0.2) is 39.0 Å². The molecule has 28 heavy (non-hydrogen) atoms. The summed E-state index contributed by atoms with van der Waals surface area (Å²) in [6.45, 7) is 2.97. The first-order valence-electron chi connectivity index (χ1n) is 9.73. The first-order chi connectivity index (χ1) is 13.5. The number of likely N-dealkylation sites (tertiary alicyclic amines) is 1. The van der Waals surface area contributed by atoms with Gasteiger partial charge in [-0.3, -0.25) is 14.4 Å². The molecule has 0 unspecified atom stereocenters. The van der Waals surface area contributed by atoms with Gasteiger partial charge in [0.15, 0.2) is 0 Å². The largest absolute Gasteiger partial charge is 0.481 e. The highest BCUT2D eigenvalue weighted by molar-refractivity contribution is 5.94.